The van der Waals surface area contributed by atoms with Crippen LogP contribution in [0.4, 0.5) is 0 Å². The third-order valence-corrected chi connectivity index (χ3v) is 14.4. The third-order valence-electron chi connectivity index (χ3n) is 14.4. The summed E-state index contributed by atoms with van der Waals surface area (Å²) in [6.07, 6.45) is -57.3. The summed E-state index contributed by atoms with van der Waals surface area (Å²) in [6.45, 7) is -5.56. The number of aliphatic hydroxyl groups excluding tert-OH is 17. The van der Waals surface area contributed by atoms with E-state index in [9.17, 15) is 86.8 Å². The van der Waals surface area contributed by atoms with Crippen LogP contribution in [0, 0.1) is 0 Å². The van der Waals surface area contributed by atoms with Crippen LogP contribution < -0.4 is 5.32 Å². The molecule has 18 N–H and O–H groups in total. The molecule has 30 atom stereocenters. The summed E-state index contributed by atoms with van der Waals surface area (Å²) in [5.74, 6) is 0. The summed E-state index contributed by atoms with van der Waals surface area (Å²) in [4.78, 5) is 0. The lowest BCUT2D eigenvalue weighted by Gasteiger charge is -2.51. The molecule has 0 spiro atoms. The average molecular weight is 1110 g/mol. The first kappa shape index (κ1) is 60.1. The number of benzene rings is 1. The van der Waals surface area contributed by atoms with Crippen molar-refractivity contribution in [2.24, 2.45) is 0 Å². The number of hydrogen-bond donors (Lipinski definition) is 18. The fourth-order valence-corrected chi connectivity index (χ4v) is 10.2. The second kappa shape index (κ2) is 26.7. The Morgan fingerprint density at radius 1 is 0.329 bits per heavy atom. The van der Waals surface area contributed by atoms with E-state index in [2.05, 4.69) is 5.32 Å². The van der Waals surface area contributed by atoms with Crippen molar-refractivity contribution in [3.05, 3.63) is 35.9 Å². The Balaban J connectivity index is 1.10. The van der Waals surface area contributed by atoms with Gasteiger partial charge in [-0.1, -0.05) is 30.3 Å². The van der Waals surface area contributed by atoms with Gasteiger partial charge in [0.25, 0.3) is 0 Å². The maximum atomic E-state index is 12.0. The van der Waals surface area contributed by atoms with Gasteiger partial charge in [0.05, 0.1) is 46.2 Å². The molecule has 0 aliphatic carbocycles. The Hall–Kier alpha value is -2.02. The molecule has 22 heterocycles. The van der Waals surface area contributed by atoms with Crippen molar-refractivity contribution >= 4 is 0 Å². The number of ether oxygens (including phenoxy) is 13. The van der Waals surface area contributed by atoms with Crippen LogP contribution in [0.3, 0.4) is 0 Å². The molecule has 0 aromatic heterocycles. The van der Waals surface area contributed by atoms with E-state index in [0.717, 1.165) is 5.56 Å². The van der Waals surface area contributed by atoms with E-state index in [1.165, 1.54) is 0 Å². The first-order valence-electron chi connectivity index (χ1n) is 24.8. The van der Waals surface area contributed by atoms with Crippen molar-refractivity contribution in [2.45, 2.75) is 191 Å². The maximum Gasteiger partial charge on any atom is 0.187 e. The van der Waals surface area contributed by atoms with E-state index in [1.54, 1.807) is 0 Å². The molecule has 0 amide bonds. The van der Waals surface area contributed by atoms with Gasteiger partial charge in [-0.25, -0.2) is 0 Å². The number of nitrogens with one attached hydrogen (secondary N) is 1. The molecular weight excluding hydrogens is 1030 g/mol. The van der Waals surface area contributed by atoms with E-state index in [1.807, 2.05) is 30.3 Å². The molecule has 22 fully saturated rings. The van der Waals surface area contributed by atoms with Crippen LogP contribution in [0.1, 0.15) is 5.56 Å². The SMILES string of the molecule is OC[C@H]1O[C@@H]2O[C@H]3[C@H](O)[C@@H](O)[C@@H](O[C@H]4[C@H](O)[C@@H](O)[C@@H](O[C@H]5[C@H](O)[C@@H](OCCNCc6ccccc6)[C@@H](O[C@H]6[C@H](O)[C@@H](O)[C@@H](O[C@H]7[C@H](O)[C@@H](O)[C@@H](O[C@H]1[C@H](O)[C@H]2O)O[C@@H]7CO)O[C@@H]6CO)O[C@@H]5CO)O[C@@H]4CO)O[C@@H]3CO. The Labute approximate surface area is 432 Å². The molecule has 436 valence electrons. The van der Waals surface area contributed by atoms with E-state index in [4.69, 9.17) is 61.6 Å². The van der Waals surface area contributed by atoms with Crippen molar-refractivity contribution < 1.29 is 148 Å². The predicted molar refractivity (Wildman–Crippen MR) is 238 cm³/mol. The Bertz CT molecular complexity index is 1900. The van der Waals surface area contributed by atoms with Crippen LogP contribution in [0.15, 0.2) is 30.3 Å². The van der Waals surface area contributed by atoms with Gasteiger partial charge in [-0.15, -0.1) is 0 Å². The monoisotopic (exact) mass is 1110 g/mol. The van der Waals surface area contributed by atoms with Gasteiger partial charge in [0.1, 0.15) is 146 Å². The third kappa shape index (κ3) is 12.6. The molecule has 22 aliphatic rings. The summed E-state index contributed by atoms with van der Waals surface area (Å²) in [5.41, 5.74) is 0.921. The first-order valence-corrected chi connectivity index (χ1v) is 24.8. The molecule has 0 saturated carbocycles. The smallest absolute Gasteiger partial charge is 0.187 e. The number of rotatable bonds is 12. The summed E-state index contributed by atoms with van der Waals surface area (Å²) in [5, 5.41) is 192. The van der Waals surface area contributed by atoms with Crippen LogP contribution in [0.25, 0.3) is 0 Å². The van der Waals surface area contributed by atoms with Crippen molar-refractivity contribution in [1.82, 2.24) is 5.32 Å². The van der Waals surface area contributed by atoms with Crippen LogP contribution in [0.2, 0.25) is 0 Å². The van der Waals surface area contributed by atoms with E-state index in [0.29, 0.717) is 6.54 Å². The van der Waals surface area contributed by atoms with Gasteiger partial charge in [-0.2, -0.15) is 0 Å². The Morgan fingerprint density at radius 3 is 0.882 bits per heavy atom. The maximum absolute atomic E-state index is 12.0. The molecule has 12 bridgehead atoms. The van der Waals surface area contributed by atoms with Gasteiger partial charge < -0.3 is 154 Å². The second-order valence-electron chi connectivity index (χ2n) is 19.4. The summed E-state index contributed by atoms with van der Waals surface area (Å²) in [6, 6.07) is 9.25. The van der Waals surface area contributed by atoms with Gasteiger partial charge in [-0.3, -0.25) is 0 Å². The highest BCUT2D eigenvalue weighted by Gasteiger charge is 2.59. The second-order valence-corrected chi connectivity index (χ2v) is 19.4. The summed E-state index contributed by atoms with van der Waals surface area (Å²) in [7, 11) is 0. The minimum atomic E-state index is -2.15. The molecule has 76 heavy (non-hydrogen) atoms. The fraction of sp³-hybridized carbons (Fsp3) is 0.867. The molecular formula is C45H71NO30. The normalized spacial score (nSPS) is 49.6. The number of aliphatic hydroxyl groups is 17. The van der Waals surface area contributed by atoms with E-state index < -0.39 is 224 Å². The zero-order valence-electron chi connectivity index (χ0n) is 40.5. The summed E-state index contributed by atoms with van der Waals surface area (Å²) >= 11 is 0. The molecule has 23 rings (SSSR count). The molecule has 0 radical (unpaired) electrons. The van der Waals surface area contributed by atoms with Crippen molar-refractivity contribution in [3.63, 3.8) is 0 Å². The Morgan fingerprint density at radius 2 is 0.592 bits per heavy atom. The largest absolute Gasteiger partial charge is 0.394 e. The minimum absolute atomic E-state index is 0.141. The standard InChI is InChI=1S/C45H71NO30/c47-9-16-33-22(53)27(58)40(65-16)71-34-17(10-48)66-42(28(59)23(34)54)73-36-19(12-50)68-44(30(61)25(36)56)75-38-21(14-52)70-45(39(32(38)63)64-7-6-46-8-15-4-2-1-3-5-15)76-37-20(13-51)69-43(31(62)26(37)57)74-35-18(11-49)67-41(72-33)29(60)24(35)55/h1-5,16-63H,6-14H2/t16-,17-,18-,19-,20-,21-,22-,23-,24-,25-,26-,27-,28-,29-,30-,31-,32+,33-,34-,35-,36-,37-,38-,39-,40-,41-,42-,43-,44-,45-/m1/s1. The van der Waals surface area contributed by atoms with Crippen molar-refractivity contribution in [2.75, 3.05) is 52.8 Å². The van der Waals surface area contributed by atoms with Gasteiger partial charge in [0, 0.05) is 13.1 Å². The van der Waals surface area contributed by atoms with Gasteiger partial charge >= 0.3 is 0 Å². The molecule has 1 aromatic carbocycles. The molecule has 31 heteroatoms. The average Bonchev–Trinajstić information content (AvgIpc) is 3.43. The molecule has 1 aromatic rings. The molecule has 22 aliphatic heterocycles. The van der Waals surface area contributed by atoms with Crippen LogP contribution >= 0.6 is 0 Å². The van der Waals surface area contributed by atoms with E-state index >= 15 is 0 Å². The van der Waals surface area contributed by atoms with Crippen molar-refractivity contribution in [1.29, 1.82) is 0 Å². The zero-order chi connectivity index (χ0) is 54.7. The quantitative estimate of drug-likeness (QED) is 0.0864. The zero-order valence-corrected chi connectivity index (χ0v) is 40.5. The highest BCUT2D eigenvalue weighted by atomic mass is 16.8. The lowest BCUT2D eigenvalue weighted by Crippen LogP contribution is -2.69. The predicted octanol–water partition coefficient (Wildman–Crippen LogP) is -11.2. The first-order chi connectivity index (χ1) is 36.5. The molecule has 31 nitrogen and oxygen atoms in total. The fourth-order valence-electron chi connectivity index (χ4n) is 10.2. The highest BCUT2D eigenvalue weighted by Crippen LogP contribution is 2.38. The van der Waals surface area contributed by atoms with Crippen molar-refractivity contribution in [3.8, 4) is 0 Å². The lowest BCUT2D eigenvalue weighted by atomic mass is 9.94. The summed E-state index contributed by atoms with van der Waals surface area (Å²) < 4.78 is 76.0. The highest BCUT2D eigenvalue weighted by molar-refractivity contribution is 5.14. The minimum Gasteiger partial charge on any atom is -0.394 e. The van der Waals surface area contributed by atoms with E-state index in [-0.39, 0.29) is 13.2 Å². The topological polar surface area (TPSA) is 476 Å². The Kier molecular flexibility index (Phi) is 21.1. The van der Waals surface area contributed by atoms with Crippen LogP contribution in [-0.2, 0) is 68.1 Å². The van der Waals surface area contributed by atoms with Gasteiger partial charge in [-0.05, 0) is 5.56 Å². The van der Waals surface area contributed by atoms with Gasteiger partial charge in [0.2, 0.25) is 0 Å². The lowest BCUT2D eigenvalue weighted by molar-refractivity contribution is -0.405. The van der Waals surface area contributed by atoms with Crippen LogP contribution in [0.5, 0.6) is 0 Å². The van der Waals surface area contributed by atoms with Gasteiger partial charge in [0.15, 0.2) is 37.7 Å². The van der Waals surface area contributed by atoms with Crippen LogP contribution in [-0.4, -0.2) is 324 Å². The number of hydrogen-bond acceptors (Lipinski definition) is 31. The molecule has 22 saturated heterocycles. The molecule has 0 unspecified atom stereocenters.